The number of benzene rings is 1. The first-order valence-electron chi connectivity index (χ1n) is 6.74. The van der Waals surface area contributed by atoms with Crippen LogP contribution in [0.15, 0.2) is 23.1 Å². The molecule has 0 aliphatic rings. The summed E-state index contributed by atoms with van der Waals surface area (Å²) in [5, 5.41) is 3.56. The largest absolute Gasteiger partial charge is 0.316 e. The second kappa shape index (κ2) is 8.39. The zero-order valence-corrected chi connectivity index (χ0v) is 15.3. The normalized spacial score (nSPS) is 13.6. The van der Waals surface area contributed by atoms with E-state index < -0.39 is 10.0 Å². The molecule has 1 rings (SSSR count). The lowest BCUT2D eigenvalue weighted by atomic mass is 10.2. The van der Waals surface area contributed by atoms with Crippen molar-refractivity contribution >= 4 is 33.4 Å². The van der Waals surface area contributed by atoms with Gasteiger partial charge in [-0.15, -0.1) is 0 Å². The minimum absolute atomic E-state index is 0.0362. The van der Waals surface area contributed by atoms with Gasteiger partial charge in [-0.25, -0.2) is 8.42 Å². The van der Waals surface area contributed by atoms with E-state index in [1.165, 1.54) is 4.31 Å². The molecule has 0 aliphatic heterocycles. The van der Waals surface area contributed by atoms with E-state index in [-0.39, 0.29) is 10.9 Å². The van der Waals surface area contributed by atoms with Gasteiger partial charge in [0.1, 0.15) is 0 Å². The Labute approximate surface area is 137 Å². The third kappa shape index (κ3) is 4.86. The van der Waals surface area contributed by atoms with Crippen molar-refractivity contribution in [1.29, 1.82) is 0 Å². The van der Waals surface area contributed by atoms with E-state index in [0.717, 1.165) is 17.7 Å². The Morgan fingerprint density at radius 1 is 1.43 bits per heavy atom. The summed E-state index contributed by atoms with van der Waals surface area (Å²) in [7, 11) is -0.0572. The molecule has 1 atom stereocenters. The van der Waals surface area contributed by atoms with Gasteiger partial charge in [0.05, 0.1) is 4.90 Å². The van der Waals surface area contributed by atoms with Gasteiger partial charge in [0.25, 0.3) is 0 Å². The Hall–Kier alpha value is -0.270. The monoisotopic (exact) mass is 350 g/mol. The number of nitrogens with zero attached hydrogens (tertiary/aromatic N) is 1. The molecule has 0 bridgehead atoms. The first-order valence-corrected chi connectivity index (χ1v) is 9.95. The van der Waals surface area contributed by atoms with Crippen LogP contribution in [0.25, 0.3) is 0 Å². The maximum absolute atomic E-state index is 12.7. The van der Waals surface area contributed by atoms with E-state index in [1.807, 2.05) is 13.2 Å². The zero-order valence-electron chi connectivity index (χ0n) is 12.9. The van der Waals surface area contributed by atoms with Crippen LogP contribution in [0.1, 0.15) is 18.9 Å². The van der Waals surface area contributed by atoms with Gasteiger partial charge in [0, 0.05) is 24.7 Å². The molecule has 0 amide bonds. The minimum atomic E-state index is -3.49. The smallest absolute Gasteiger partial charge is 0.243 e. The van der Waals surface area contributed by atoms with Crippen LogP contribution in [0.3, 0.4) is 0 Å². The number of hydrogen-bond donors (Lipinski definition) is 1. The fourth-order valence-corrected chi connectivity index (χ4v) is 4.11. The Morgan fingerprint density at radius 3 is 2.67 bits per heavy atom. The quantitative estimate of drug-likeness (QED) is 0.783. The number of hydrogen-bond acceptors (Lipinski definition) is 4. The summed E-state index contributed by atoms with van der Waals surface area (Å²) in [6.07, 6.45) is 2.85. The van der Waals surface area contributed by atoms with E-state index in [2.05, 4.69) is 5.32 Å². The van der Waals surface area contributed by atoms with Crippen LogP contribution >= 0.6 is 23.4 Å². The van der Waals surface area contributed by atoms with Gasteiger partial charge >= 0.3 is 0 Å². The van der Waals surface area contributed by atoms with Crippen LogP contribution in [-0.4, -0.2) is 44.9 Å². The highest BCUT2D eigenvalue weighted by Gasteiger charge is 2.25. The maximum atomic E-state index is 12.7. The number of rotatable bonds is 8. The number of sulfonamides is 1. The number of thioether (sulfide) groups is 1. The van der Waals surface area contributed by atoms with E-state index in [1.54, 1.807) is 44.1 Å². The standard InChI is InChI=1S/C14H23ClN2O2S2/c1-11(7-8-20-4)17(3)21(18,19)13-5-6-14(15)12(9-13)10-16-2/h5-6,9,11,16H,7-8,10H2,1-4H3. The van der Waals surface area contributed by atoms with Crippen LogP contribution in [0.4, 0.5) is 0 Å². The first kappa shape index (κ1) is 18.8. The molecular formula is C14H23ClN2O2S2. The molecule has 0 radical (unpaired) electrons. The van der Waals surface area contributed by atoms with Crippen molar-refractivity contribution in [3.8, 4) is 0 Å². The molecule has 7 heteroatoms. The molecule has 120 valence electrons. The van der Waals surface area contributed by atoms with Crippen molar-refractivity contribution in [3.05, 3.63) is 28.8 Å². The van der Waals surface area contributed by atoms with Crippen molar-refractivity contribution < 1.29 is 8.42 Å². The lowest BCUT2D eigenvalue weighted by Gasteiger charge is -2.24. The molecule has 0 saturated carbocycles. The van der Waals surface area contributed by atoms with Gasteiger partial charge in [-0.05, 0) is 56.2 Å². The molecule has 0 heterocycles. The Balaban J connectivity index is 3.04. The predicted molar refractivity (Wildman–Crippen MR) is 91.6 cm³/mol. The highest BCUT2D eigenvalue weighted by Crippen LogP contribution is 2.24. The molecule has 0 aliphatic carbocycles. The van der Waals surface area contributed by atoms with E-state index in [9.17, 15) is 8.42 Å². The molecule has 21 heavy (non-hydrogen) atoms. The fraction of sp³-hybridized carbons (Fsp3) is 0.571. The SMILES string of the molecule is CNCc1cc(S(=O)(=O)N(C)C(C)CCSC)ccc1Cl. The van der Waals surface area contributed by atoms with E-state index in [0.29, 0.717) is 11.6 Å². The third-order valence-electron chi connectivity index (χ3n) is 3.42. The molecule has 0 fully saturated rings. The molecule has 1 N–H and O–H groups in total. The summed E-state index contributed by atoms with van der Waals surface area (Å²) in [6, 6.07) is 4.81. The van der Waals surface area contributed by atoms with Crippen molar-refractivity contribution in [2.45, 2.75) is 30.8 Å². The third-order valence-corrected chi connectivity index (χ3v) is 6.40. The Morgan fingerprint density at radius 2 is 2.10 bits per heavy atom. The molecule has 0 saturated heterocycles. The first-order chi connectivity index (χ1) is 9.84. The molecule has 1 aromatic rings. The van der Waals surface area contributed by atoms with Gasteiger partial charge in [-0.3, -0.25) is 0 Å². The van der Waals surface area contributed by atoms with Crippen molar-refractivity contribution in [1.82, 2.24) is 9.62 Å². The second-order valence-electron chi connectivity index (χ2n) is 4.94. The summed E-state index contributed by atoms with van der Waals surface area (Å²) in [5.41, 5.74) is 0.783. The summed E-state index contributed by atoms with van der Waals surface area (Å²) in [4.78, 5) is 0.288. The summed E-state index contributed by atoms with van der Waals surface area (Å²) < 4.78 is 26.8. The molecule has 1 unspecified atom stereocenters. The average molecular weight is 351 g/mol. The summed E-state index contributed by atoms with van der Waals surface area (Å²) in [5.74, 6) is 0.937. The van der Waals surface area contributed by atoms with Gasteiger partial charge in [-0.1, -0.05) is 11.6 Å². The molecule has 0 spiro atoms. The van der Waals surface area contributed by atoms with E-state index >= 15 is 0 Å². The predicted octanol–water partition coefficient (Wildman–Crippen LogP) is 2.82. The maximum Gasteiger partial charge on any atom is 0.243 e. The van der Waals surface area contributed by atoms with Crippen molar-refractivity contribution in [3.63, 3.8) is 0 Å². The topological polar surface area (TPSA) is 49.4 Å². The Bertz CT molecular complexity index is 564. The molecular weight excluding hydrogens is 328 g/mol. The average Bonchev–Trinajstić information content (AvgIpc) is 2.46. The highest BCUT2D eigenvalue weighted by atomic mass is 35.5. The lowest BCUT2D eigenvalue weighted by molar-refractivity contribution is 0.382. The van der Waals surface area contributed by atoms with Gasteiger partial charge in [0.2, 0.25) is 10.0 Å². The van der Waals surface area contributed by atoms with Crippen LogP contribution in [-0.2, 0) is 16.6 Å². The van der Waals surface area contributed by atoms with Crippen LogP contribution < -0.4 is 5.32 Å². The van der Waals surface area contributed by atoms with Crippen LogP contribution in [0, 0.1) is 0 Å². The zero-order chi connectivity index (χ0) is 16.0. The number of halogens is 1. The van der Waals surface area contributed by atoms with Crippen molar-refractivity contribution in [2.24, 2.45) is 0 Å². The highest BCUT2D eigenvalue weighted by molar-refractivity contribution is 7.98. The Kier molecular flexibility index (Phi) is 7.50. The number of nitrogens with one attached hydrogen (secondary N) is 1. The van der Waals surface area contributed by atoms with Gasteiger partial charge in [0.15, 0.2) is 0 Å². The van der Waals surface area contributed by atoms with E-state index in [4.69, 9.17) is 11.6 Å². The van der Waals surface area contributed by atoms with Crippen LogP contribution in [0.2, 0.25) is 5.02 Å². The summed E-state index contributed by atoms with van der Waals surface area (Å²) in [6.45, 7) is 2.46. The molecule has 0 aromatic heterocycles. The summed E-state index contributed by atoms with van der Waals surface area (Å²) >= 11 is 7.80. The minimum Gasteiger partial charge on any atom is -0.316 e. The fourth-order valence-electron chi connectivity index (χ4n) is 1.91. The van der Waals surface area contributed by atoms with Crippen LogP contribution in [0.5, 0.6) is 0 Å². The second-order valence-corrected chi connectivity index (χ2v) is 8.33. The van der Waals surface area contributed by atoms with Gasteiger partial charge in [-0.2, -0.15) is 16.1 Å². The molecule has 1 aromatic carbocycles. The lowest BCUT2D eigenvalue weighted by Crippen LogP contribution is -2.35. The van der Waals surface area contributed by atoms with Gasteiger partial charge < -0.3 is 5.32 Å². The van der Waals surface area contributed by atoms with Crippen molar-refractivity contribution in [2.75, 3.05) is 26.1 Å². The molecule has 4 nitrogen and oxygen atoms in total.